The highest BCUT2D eigenvalue weighted by Gasteiger charge is 2.17. The highest BCUT2D eigenvalue weighted by molar-refractivity contribution is 5.90. The van der Waals surface area contributed by atoms with Crippen LogP contribution < -0.4 is 5.73 Å². The summed E-state index contributed by atoms with van der Waals surface area (Å²) in [6.45, 7) is 3.79. The number of anilines is 1. The SMILES string of the molecule is CC(C)(C#N)CCCOC(=O)c1ccc(N)cc1F. The van der Waals surface area contributed by atoms with E-state index < -0.39 is 17.2 Å². The maximum Gasteiger partial charge on any atom is 0.341 e. The average Bonchev–Trinajstić information content (AvgIpc) is 2.34. The number of hydrogen-bond donors (Lipinski definition) is 1. The van der Waals surface area contributed by atoms with E-state index in [2.05, 4.69) is 6.07 Å². The van der Waals surface area contributed by atoms with E-state index in [0.717, 1.165) is 6.07 Å². The van der Waals surface area contributed by atoms with E-state index in [1.807, 2.05) is 13.8 Å². The molecule has 0 aliphatic rings. The molecule has 0 unspecified atom stereocenters. The van der Waals surface area contributed by atoms with E-state index in [4.69, 9.17) is 15.7 Å². The molecule has 0 saturated heterocycles. The number of esters is 1. The van der Waals surface area contributed by atoms with Crippen LogP contribution in [0.1, 0.15) is 37.0 Å². The van der Waals surface area contributed by atoms with Crippen LogP contribution in [0.15, 0.2) is 18.2 Å². The number of nitrogens with two attached hydrogens (primary N) is 1. The van der Waals surface area contributed by atoms with E-state index in [1.54, 1.807) is 0 Å². The zero-order valence-corrected chi connectivity index (χ0v) is 11.1. The smallest absolute Gasteiger partial charge is 0.341 e. The summed E-state index contributed by atoms with van der Waals surface area (Å²) in [7, 11) is 0. The summed E-state index contributed by atoms with van der Waals surface area (Å²) >= 11 is 0. The number of nitriles is 1. The highest BCUT2D eigenvalue weighted by atomic mass is 19.1. The van der Waals surface area contributed by atoms with Gasteiger partial charge in [0.15, 0.2) is 0 Å². The predicted octanol–water partition coefficient (Wildman–Crippen LogP) is 2.89. The Kier molecular flexibility index (Phi) is 4.87. The van der Waals surface area contributed by atoms with Gasteiger partial charge in [0.05, 0.1) is 23.7 Å². The largest absolute Gasteiger partial charge is 0.462 e. The van der Waals surface area contributed by atoms with Gasteiger partial charge >= 0.3 is 5.97 Å². The van der Waals surface area contributed by atoms with Crippen LogP contribution in [0.4, 0.5) is 10.1 Å². The summed E-state index contributed by atoms with van der Waals surface area (Å²) in [5.74, 6) is -1.41. The van der Waals surface area contributed by atoms with Crippen LogP contribution in [0.2, 0.25) is 0 Å². The predicted molar refractivity (Wildman–Crippen MR) is 69.7 cm³/mol. The van der Waals surface area contributed by atoms with Crippen molar-refractivity contribution in [2.45, 2.75) is 26.7 Å². The monoisotopic (exact) mass is 264 g/mol. The van der Waals surface area contributed by atoms with Crippen LogP contribution in [0.5, 0.6) is 0 Å². The molecule has 4 nitrogen and oxygen atoms in total. The van der Waals surface area contributed by atoms with Crippen LogP contribution in [0.25, 0.3) is 0 Å². The molecule has 2 N–H and O–H groups in total. The number of nitrogens with zero attached hydrogens (tertiary/aromatic N) is 1. The molecular formula is C14H17FN2O2. The van der Waals surface area contributed by atoms with Gasteiger partial charge in [-0.05, 0) is 44.9 Å². The fraction of sp³-hybridized carbons (Fsp3) is 0.429. The number of ether oxygens (including phenoxy) is 1. The number of carbonyl (C=O) groups is 1. The number of benzene rings is 1. The topological polar surface area (TPSA) is 76.1 Å². The van der Waals surface area contributed by atoms with Crippen LogP contribution >= 0.6 is 0 Å². The minimum Gasteiger partial charge on any atom is -0.462 e. The van der Waals surface area contributed by atoms with Gasteiger partial charge in [0.1, 0.15) is 5.82 Å². The van der Waals surface area contributed by atoms with Crippen LogP contribution in [0.3, 0.4) is 0 Å². The number of carbonyl (C=O) groups excluding carboxylic acids is 1. The normalized spacial score (nSPS) is 10.8. The lowest BCUT2D eigenvalue weighted by atomic mass is 9.90. The van der Waals surface area contributed by atoms with Crippen LogP contribution in [-0.2, 0) is 4.74 Å². The van der Waals surface area contributed by atoms with Gasteiger partial charge in [0.25, 0.3) is 0 Å². The molecule has 1 aromatic carbocycles. The molecule has 0 bridgehead atoms. The zero-order valence-electron chi connectivity index (χ0n) is 11.1. The fourth-order valence-electron chi connectivity index (χ4n) is 1.51. The van der Waals surface area contributed by atoms with Crippen molar-refractivity contribution in [1.82, 2.24) is 0 Å². The molecule has 0 saturated carbocycles. The van der Waals surface area contributed by atoms with Gasteiger partial charge in [0.2, 0.25) is 0 Å². The quantitative estimate of drug-likeness (QED) is 0.504. The summed E-state index contributed by atoms with van der Waals surface area (Å²) < 4.78 is 18.4. The zero-order chi connectivity index (χ0) is 14.5. The van der Waals surface area contributed by atoms with Crippen molar-refractivity contribution in [2.24, 2.45) is 5.41 Å². The molecule has 0 aromatic heterocycles. The summed E-state index contributed by atoms with van der Waals surface area (Å²) in [5.41, 5.74) is 5.07. The Labute approximate surface area is 112 Å². The van der Waals surface area contributed by atoms with Gasteiger partial charge in [0, 0.05) is 5.69 Å². The van der Waals surface area contributed by atoms with E-state index in [1.165, 1.54) is 12.1 Å². The molecule has 0 fully saturated rings. The molecular weight excluding hydrogens is 247 g/mol. The van der Waals surface area contributed by atoms with Crippen LogP contribution in [-0.4, -0.2) is 12.6 Å². The summed E-state index contributed by atoms with van der Waals surface area (Å²) in [4.78, 5) is 11.6. The molecule has 0 aliphatic carbocycles. The van der Waals surface area contributed by atoms with Crippen molar-refractivity contribution >= 4 is 11.7 Å². The van der Waals surface area contributed by atoms with E-state index >= 15 is 0 Å². The van der Waals surface area contributed by atoms with Gasteiger partial charge in [-0.15, -0.1) is 0 Å². The van der Waals surface area contributed by atoms with Crippen molar-refractivity contribution in [3.05, 3.63) is 29.6 Å². The first-order chi connectivity index (χ1) is 8.85. The highest BCUT2D eigenvalue weighted by Crippen LogP contribution is 2.20. The summed E-state index contributed by atoms with van der Waals surface area (Å²) in [6, 6.07) is 5.98. The molecule has 0 spiro atoms. The van der Waals surface area contributed by atoms with E-state index in [0.29, 0.717) is 12.8 Å². The van der Waals surface area contributed by atoms with E-state index in [9.17, 15) is 9.18 Å². The standard InChI is InChI=1S/C14H17FN2O2/c1-14(2,9-16)6-3-7-19-13(18)11-5-4-10(17)8-12(11)15/h4-5,8H,3,6-7,17H2,1-2H3. The molecule has 0 aliphatic heterocycles. The Balaban J connectivity index is 2.46. The lowest BCUT2D eigenvalue weighted by molar-refractivity contribution is 0.0485. The second-order valence-electron chi connectivity index (χ2n) is 4.97. The van der Waals surface area contributed by atoms with Crippen molar-refractivity contribution in [1.29, 1.82) is 5.26 Å². The maximum atomic E-state index is 13.4. The molecule has 19 heavy (non-hydrogen) atoms. The first-order valence-electron chi connectivity index (χ1n) is 5.99. The van der Waals surface area contributed by atoms with Crippen molar-refractivity contribution in [2.75, 3.05) is 12.3 Å². The Hall–Kier alpha value is -2.09. The third kappa shape index (κ3) is 4.59. The number of halogens is 1. The van der Waals surface area contributed by atoms with Gasteiger partial charge in [-0.2, -0.15) is 5.26 Å². The molecule has 0 atom stereocenters. The number of rotatable bonds is 5. The molecule has 1 aromatic rings. The van der Waals surface area contributed by atoms with Gasteiger partial charge in [-0.3, -0.25) is 0 Å². The Bertz CT molecular complexity index is 507. The minimum absolute atomic E-state index is 0.131. The summed E-state index contributed by atoms with van der Waals surface area (Å²) in [6.07, 6.45) is 1.17. The minimum atomic E-state index is -0.715. The maximum absolute atomic E-state index is 13.4. The van der Waals surface area contributed by atoms with Crippen molar-refractivity contribution in [3.63, 3.8) is 0 Å². The first kappa shape index (κ1) is 15.0. The number of hydrogen-bond acceptors (Lipinski definition) is 4. The molecule has 0 radical (unpaired) electrons. The molecule has 0 heterocycles. The third-order valence-corrected chi connectivity index (χ3v) is 2.69. The third-order valence-electron chi connectivity index (χ3n) is 2.69. The van der Waals surface area contributed by atoms with Crippen molar-refractivity contribution in [3.8, 4) is 6.07 Å². The second kappa shape index (κ2) is 6.19. The Morgan fingerprint density at radius 3 is 2.79 bits per heavy atom. The second-order valence-corrected chi connectivity index (χ2v) is 4.97. The van der Waals surface area contributed by atoms with Gasteiger partial charge in [-0.25, -0.2) is 9.18 Å². The molecule has 102 valence electrons. The molecule has 1 rings (SSSR count). The lowest BCUT2D eigenvalue weighted by Gasteiger charge is -2.14. The number of nitrogen functional groups attached to an aromatic ring is 1. The summed E-state index contributed by atoms with van der Waals surface area (Å²) in [5, 5.41) is 8.82. The lowest BCUT2D eigenvalue weighted by Crippen LogP contribution is -2.12. The van der Waals surface area contributed by atoms with E-state index in [-0.39, 0.29) is 17.9 Å². The average molecular weight is 264 g/mol. The van der Waals surface area contributed by atoms with Crippen molar-refractivity contribution < 1.29 is 13.9 Å². The van der Waals surface area contributed by atoms with Gasteiger partial charge in [-0.1, -0.05) is 0 Å². The molecule has 5 heteroatoms. The Morgan fingerprint density at radius 1 is 1.53 bits per heavy atom. The Morgan fingerprint density at radius 2 is 2.21 bits per heavy atom. The first-order valence-corrected chi connectivity index (χ1v) is 5.99. The van der Waals surface area contributed by atoms with Gasteiger partial charge < -0.3 is 10.5 Å². The van der Waals surface area contributed by atoms with Crippen LogP contribution in [0, 0.1) is 22.6 Å². The molecule has 0 amide bonds. The fourth-order valence-corrected chi connectivity index (χ4v) is 1.51.